The summed E-state index contributed by atoms with van der Waals surface area (Å²) in [6.45, 7) is 8.27. The van der Waals surface area contributed by atoms with Crippen molar-refractivity contribution in [3.8, 4) is 11.8 Å². The first-order valence-electron chi connectivity index (χ1n) is 9.78. The number of amides is 1. The Morgan fingerprint density at radius 3 is 2.30 bits per heavy atom. The average Bonchev–Trinajstić information content (AvgIpc) is 3.00. The normalized spacial score (nSPS) is 11.4. The summed E-state index contributed by atoms with van der Waals surface area (Å²) in [6.07, 6.45) is 1.58. The smallest absolute Gasteiger partial charge is 0.266 e. The van der Waals surface area contributed by atoms with Crippen LogP contribution >= 0.6 is 0 Å². The quantitative estimate of drug-likeness (QED) is 0.427. The van der Waals surface area contributed by atoms with Crippen LogP contribution in [-0.4, -0.2) is 10.5 Å². The van der Waals surface area contributed by atoms with Gasteiger partial charge < -0.3 is 9.88 Å². The number of benzene rings is 2. The molecular weight excluding hydrogens is 377 g/mol. The molecule has 5 heteroatoms. The van der Waals surface area contributed by atoms with Crippen LogP contribution in [0.25, 0.3) is 11.8 Å². The number of halogens is 1. The van der Waals surface area contributed by atoms with Gasteiger partial charge in [-0.2, -0.15) is 5.26 Å². The van der Waals surface area contributed by atoms with Gasteiger partial charge in [0.2, 0.25) is 0 Å². The third-order valence-corrected chi connectivity index (χ3v) is 5.06. The zero-order chi connectivity index (χ0) is 21.8. The fourth-order valence-electron chi connectivity index (χ4n) is 3.38. The molecule has 0 unspecified atom stereocenters. The van der Waals surface area contributed by atoms with Crippen LogP contribution in [-0.2, 0) is 4.79 Å². The van der Waals surface area contributed by atoms with Gasteiger partial charge >= 0.3 is 0 Å². The van der Waals surface area contributed by atoms with Crippen LogP contribution < -0.4 is 5.32 Å². The Bertz CT molecular complexity index is 1130. The van der Waals surface area contributed by atoms with Crippen LogP contribution in [0.15, 0.2) is 60.2 Å². The molecule has 0 bridgehead atoms. The molecular formula is C25H24FN3O. The van der Waals surface area contributed by atoms with Crippen LogP contribution in [0, 0.1) is 31.0 Å². The molecule has 0 radical (unpaired) electrons. The Labute approximate surface area is 176 Å². The molecule has 4 nitrogen and oxygen atoms in total. The lowest BCUT2D eigenvalue weighted by atomic mass is 10.0. The summed E-state index contributed by atoms with van der Waals surface area (Å²) in [5, 5.41) is 12.1. The van der Waals surface area contributed by atoms with Gasteiger partial charge in [-0.05, 0) is 79.4 Å². The second-order valence-electron chi connectivity index (χ2n) is 7.54. The lowest BCUT2D eigenvalue weighted by molar-refractivity contribution is -0.112. The number of nitriles is 1. The second-order valence-corrected chi connectivity index (χ2v) is 7.54. The van der Waals surface area contributed by atoms with Crippen molar-refractivity contribution in [1.82, 2.24) is 4.57 Å². The van der Waals surface area contributed by atoms with E-state index in [2.05, 4.69) is 48.0 Å². The monoisotopic (exact) mass is 401 g/mol. The predicted octanol–water partition coefficient (Wildman–Crippen LogP) is 5.90. The lowest BCUT2D eigenvalue weighted by Gasteiger charge is -2.12. The first-order chi connectivity index (χ1) is 14.3. The van der Waals surface area contributed by atoms with Gasteiger partial charge in [0.05, 0.1) is 0 Å². The maximum Gasteiger partial charge on any atom is 0.266 e. The van der Waals surface area contributed by atoms with Gasteiger partial charge in [-0.3, -0.25) is 4.79 Å². The van der Waals surface area contributed by atoms with Gasteiger partial charge in [0.15, 0.2) is 0 Å². The molecule has 2 aromatic carbocycles. The van der Waals surface area contributed by atoms with E-state index >= 15 is 0 Å². The maximum atomic E-state index is 13.0. The number of anilines is 1. The highest BCUT2D eigenvalue weighted by atomic mass is 19.1. The Hall–Kier alpha value is -3.65. The van der Waals surface area contributed by atoms with E-state index in [-0.39, 0.29) is 5.57 Å². The van der Waals surface area contributed by atoms with Crippen molar-refractivity contribution >= 4 is 17.7 Å². The Morgan fingerprint density at radius 1 is 1.10 bits per heavy atom. The van der Waals surface area contributed by atoms with E-state index in [9.17, 15) is 14.4 Å². The van der Waals surface area contributed by atoms with E-state index in [4.69, 9.17) is 0 Å². The molecule has 0 spiro atoms. The number of rotatable bonds is 5. The molecule has 1 heterocycles. The summed E-state index contributed by atoms with van der Waals surface area (Å²) in [6, 6.07) is 17.7. The minimum absolute atomic E-state index is 0.0188. The number of carbonyl (C=O) groups is 1. The molecule has 0 saturated heterocycles. The Morgan fingerprint density at radius 2 is 1.73 bits per heavy atom. The first-order valence-corrected chi connectivity index (χ1v) is 9.78. The van der Waals surface area contributed by atoms with Gasteiger partial charge in [-0.15, -0.1) is 0 Å². The van der Waals surface area contributed by atoms with Gasteiger partial charge in [0.25, 0.3) is 5.91 Å². The van der Waals surface area contributed by atoms with Gasteiger partial charge in [0.1, 0.15) is 17.5 Å². The molecule has 1 aromatic heterocycles. The molecule has 1 amide bonds. The van der Waals surface area contributed by atoms with E-state index in [0.717, 1.165) is 22.6 Å². The fraction of sp³-hybridized carbons (Fsp3) is 0.200. The predicted molar refractivity (Wildman–Crippen MR) is 118 cm³/mol. The number of hydrogen-bond acceptors (Lipinski definition) is 2. The minimum Gasteiger partial charge on any atom is -0.321 e. The topological polar surface area (TPSA) is 57.8 Å². The van der Waals surface area contributed by atoms with Crippen molar-refractivity contribution < 1.29 is 9.18 Å². The number of aryl methyl sites for hydroxylation is 1. The summed E-state index contributed by atoms with van der Waals surface area (Å²) in [5.74, 6) is -0.463. The SMILES string of the molecule is Cc1cc(C=C(C#N)C(=O)Nc2ccc(F)cc2)c(C)n1-c1ccc(C(C)C)cc1. The van der Waals surface area contributed by atoms with Crippen molar-refractivity contribution in [1.29, 1.82) is 5.26 Å². The zero-order valence-electron chi connectivity index (χ0n) is 17.5. The second kappa shape index (κ2) is 8.79. The summed E-state index contributed by atoms with van der Waals surface area (Å²) >= 11 is 0. The molecule has 0 aliphatic carbocycles. The number of carbonyl (C=O) groups excluding carboxylic acids is 1. The largest absolute Gasteiger partial charge is 0.321 e. The van der Waals surface area contributed by atoms with Crippen molar-refractivity contribution in [3.63, 3.8) is 0 Å². The highest BCUT2D eigenvalue weighted by Crippen LogP contribution is 2.25. The summed E-state index contributed by atoms with van der Waals surface area (Å²) in [4.78, 5) is 12.5. The zero-order valence-corrected chi connectivity index (χ0v) is 17.5. The van der Waals surface area contributed by atoms with E-state index in [1.54, 1.807) is 6.08 Å². The minimum atomic E-state index is -0.532. The number of aromatic nitrogens is 1. The highest BCUT2D eigenvalue weighted by molar-refractivity contribution is 6.09. The van der Waals surface area contributed by atoms with Crippen LogP contribution in [0.2, 0.25) is 0 Å². The van der Waals surface area contributed by atoms with Crippen molar-refractivity contribution in [2.24, 2.45) is 0 Å². The van der Waals surface area contributed by atoms with Crippen molar-refractivity contribution in [2.75, 3.05) is 5.32 Å². The molecule has 0 fully saturated rings. The van der Waals surface area contributed by atoms with E-state index in [1.807, 2.05) is 26.0 Å². The van der Waals surface area contributed by atoms with Gasteiger partial charge in [-0.1, -0.05) is 26.0 Å². The van der Waals surface area contributed by atoms with Crippen LogP contribution in [0.3, 0.4) is 0 Å². The fourth-order valence-corrected chi connectivity index (χ4v) is 3.38. The molecule has 0 saturated carbocycles. The van der Waals surface area contributed by atoms with Crippen molar-refractivity contribution in [2.45, 2.75) is 33.6 Å². The average molecular weight is 401 g/mol. The maximum absolute atomic E-state index is 13.0. The van der Waals surface area contributed by atoms with Crippen LogP contribution in [0.4, 0.5) is 10.1 Å². The standard InChI is InChI=1S/C25H24FN3O/c1-16(2)19-5-11-24(12-6-19)29-17(3)13-20(18(29)4)14-21(15-27)25(30)28-23-9-7-22(26)8-10-23/h5-14,16H,1-4H3,(H,28,30). The van der Waals surface area contributed by atoms with Crippen molar-refractivity contribution in [3.05, 3.63) is 88.5 Å². The summed E-state index contributed by atoms with van der Waals surface area (Å²) in [5.41, 5.74) is 5.45. The molecule has 0 atom stereocenters. The van der Waals surface area contributed by atoms with Gasteiger partial charge in [-0.25, -0.2) is 4.39 Å². The third kappa shape index (κ3) is 4.49. The van der Waals surface area contributed by atoms with E-state index < -0.39 is 11.7 Å². The van der Waals surface area contributed by atoms with Crippen LogP contribution in [0.5, 0.6) is 0 Å². The lowest BCUT2D eigenvalue weighted by Crippen LogP contribution is -2.13. The Balaban J connectivity index is 1.90. The first kappa shape index (κ1) is 21.1. The van der Waals surface area contributed by atoms with E-state index in [0.29, 0.717) is 11.6 Å². The molecule has 3 aromatic rings. The van der Waals surface area contributed by atoms with Gasteiger partial charge in [0, 0.05) is 22.8 Å². The van der Waals surface area contributed by atoms with E-state index in [1.165, 1.54) is 29.8 Å². The number of hydrogen-bond donors (Lipinski definition) is 1. The molecule has 0 aliphatic heterocycles. The number of nitrogens with one attached hydrogen (secondary N) is 1. The third-order valence-electron chi connectivity index (χ3n) is 5.06. The molecule has 0 aliphatic rings. The highest BCUT2D eigenvalue weighted by Gasteiger charge is 2.14. The summed E-state index contributed by atoms with van der Waals surface area (Å²) in [7, 11) is 0. The summed E-state index contributed by atoms with van der Waals surface area (Å²) < 4.78 is 15.1. The number of nitrogens with zero attached hydrogens (tertiary/aromatic N) is 2. The molecule has 30 heavy (non-hydrogen) atoms. The van der Waals surface area contributed by atoms with Crippen LogP contribution in [0.1, 0.15) is 42.3 Å². The molecule has 152 valence electrons. The Kier molecular flexibility index (Phi) is 6.17. The molecule has 3 rings (SSSR count). The molecule has 1 N–H and O–H groups in total.